The van der Waals surface area contributed by atoms with Crippen LogP contribution in [0.15, 0.2) is 24.7 Å². The van der Waals surface area contributed by atoms with E-state index in [0.29, 0.717) is 0 Å². The molecule has 0 bridgehead atoms. The zero-order chi connectivity index (χ0) is 10.8. The van der Waals surface area contributed by atoms with E-state index in [9.17, 15) is 9.59 Å². The molecule has 1 heterocycles. The van der Waals surface area contributed by atoms with Gasteiger partial charge in [-0.3, -0.25) is 19.4 Å². The maximum absolute atomic E-state index is 9.64. The van der Waals surface area contributed by atoms with E-state index in [1.54, 1.807) is 12.2 Å². The standard InChI is InChI=1S/C4H6O4.C4H4O2/c5-3(6)1-2-4(7)8;1-2-4-6-5-3-1/h1-2H2,(H,5,6)(H,7,8);1-4H. The molecule has 0 aromatic heterocycles. The van der Waals surface area contributed by atoms with Crippen LogP contribution in [0.1, 0.15) is 12.8 Å². The van der Waals surface area contributed by atoms with Gasteiger partial charge in [-0.05, 0) is 12.2 Å². The van der Waals surface area contributed by atoms with Crippen LogP contribution in [0.25, 0.3) is 0 Å². The first-order valence-electron chi connectivity index (χ1n) is 3.70. The highest BCUT2D eigenvalue weighted by Crippen LogP contribution is 1.89. The molecule has 0 saturated carbocycles. The Kier molecular flexibility index (Phi) is 6.57. The number of rotatable bonds is 3. The van der Waals surface area contributed by atoms with Crippen LogP contribution in [0.4, 0.5) is 0 Å². The second-order valence-electron chi connectivity index (χ2n) is 2.14. The summed E-state index contributed by atoms with van der Waals surface area (Å²) in [7, 11) is 0. The fourth-order valence-electron chi connectivity index (χ4n) is 0.433. The second-order valence-corrected chi connectivity index (χ2v) is 2.14. The first kappa shape index (κ1) is 12.0. The first-order valence-corrected chi connectivity index (χ1v) is 3.70. The molecule has 2 N–H and O–H groups in total. The molecule has 0 atom stereocenters. The highest BCUT2D eigenvalue weighted by molar-refractivity contribution is 5.75. The van der Waals surface area contributed by atoms with Crippen molar-refractivity contribution >= 4 is 11.9 Å². The van der Waals surface area contributed by atoms with E-state index in [-0.39, 0.29) is 12.8 Å². The van der Waals surface area contributed by atoms with E-state index in [4.69, 9.17) is 10.2 Å². The van der Waals surface area contributed by atoms with E-state index in [0.717, 1.165) is 0 Å². The van der Waals surface area contributed by atoms with E-state index >= 15 is 0 Å². The van der Waals surface area contributed by atoms with Crippen LogP contribution >= 0.6 is 0 Å². The molecule has 1 rings (SSSR count). The van der Waals surface area contributed by atoms with Gasteiger partial charge in [0.2, 0.25) is 0 Å². The maximum atomic E-state index is 9.64. The van der Waals surface area contributed by atoms with Crippen molar-refractivity contribution in [2.24, 2.45) is 0 Å². The molecule has 0 saturated heterocycles. The summed E-state index contributed by atoms with van der Waals surface area (Å²) in [5.41, 5.74) is 0. The van der Waals surface area contributed by atoms with Crippen molar-refractivity contribution in [2.75, 3.05) is 0 Å². The molecule has 0 fully saturated rings. The SMILES string of the molecule is C1=COOC=C1.O=C(O)CCC(=O)O. The second kappa shape index (κ2) is 7.66. The van der Waals surface area contributed by atoms with Gasteiger partial charge >= 0.3 is 11.9 Å². The van der Waals surface area contributed by atoms with Gasteiger partial charge in [0.15, 0.2) is 0 Å². The molecule has 1 aliphatic heterocycles. The van der Waals surface area contributed by atoms with Gasteiger partial charge in [-0.2, -0.15) is 0 Å². The normalized spacial score (nSPS) is 11.7. The monoisotopic (exact) mass is 202 g/mol. The van der Waals surface area contributed by atoms with Gasteiger partial charge < -0.3 is 10.2 Å². The Bertz CT molecular complexity index is 216. The molecule has 0 amide bonds. The highest BCUT2D eigenvalue weighted by atomic mass is 17.2. The number of hydrogen-bond acceptors (Lipinski definition) is 4. The summed E-state index contributed by atoms with van der Waals surface area (Å²) in [4.78, 5) is 27.9. The first-order chi connectivity index (χ1) is 6.63. The molecule has 0 aromatic carbocycles. The van der Waals surface area contributed by atoms with Crippen LogP contribution in [0, 0.1) is 0 Å². The fourth-order valence-corrected chi connectivity index (χ4v) is 0.433. The third-order valence-corrected chi connectivity index (χ3v) is 0.988. The number of hydrogen-bond donors (Lipinski definition) is 2. The Labute approximate surface area is 80.0 Å². The average molecular weight is 202 g/mol. The number of aliphatic carboxylic acids is 2. The molecule has 0 spiro atoms. The lowest BCUT2D eigenvalue weighted by Crippen LogP contribution is -2.00. The molecule has 78 valence electrons. The van der Waals surface area contributed by atoms with Crippen LogP contribution in [0.2, 0.25) is 0 Å². The zero-order valence-electron chi connectivity index (χ0n) is 7.25. The number of carbonyl (C=O) groups is 2. The summed E-state index contributed by atoms with van der Waals surface area (Å²) in [5.74, 6) is -2.15. The molecule has 1 aliphatic rings. The molecule has 14 heavy (non-hydrogen) atoms. The van der Waals surface area contributed by atoms with E-state index in [1.165, 1.54) is 12.5 Å². The summed E-state index contributed by atoms with van der Waals surface area (Å²) in [6, 6.07) is 0. The van der Waals surface area contributed by atoms with Crippen molar-refractivity contribution < 1.29 is 29.6 Å². The fraction of sp³-hybridized carbons (Fsp3) is 0.250. The minimum Gasteiger partial charge on any atom is -0.481 e. The molecular weight excluding hydrogens is 192 g/mol. The lowest BCUT2D eigenvalue weighted by Gasteiger charge is -1.94. The Morgan fingerprint density at radius 1 is 0.929 bits per heavy atom. The van der Waals surface area contributed by atoms with Crippen molar-refractivity contribution in [1.82, 2.24) is 0 Å². The van der Waals surface area contributed by atoms with Crippen molar-refractivity contribution in [2.45, 2.75) is 12.8 Å². The predicted octanol–water partition coefficient (Wildman–Crippen LogP) is 0.911. The Morgan fingerprint density at radius 3 is 1.43 bits per heavy atom. The maximum Gasteiger partial charge on any atom is 0.303 e. The predicted molar refractivity (Wildman–Crippen MR) is 45.0 cm³/mol. The molecule has 6 nitrogen and oxygen atoms in total. The van der Waals surface area contributed by atoms with Gasteiger partial charge in [-0.25, -0.2) is 0 Å². The summed E-state index contributed by atoms with van der Waals surface area (Å²) in [5, 5.41) is 15.8. The molecular formula is C8H10O6. The Balaban J connectivity index is 0.000000249. The van der Waals surface area contributed by atoms with Crippen molar-refractivity contribution in [1.29, 1.82) is 0 Å². The summed E-state index contributed by atoms with van der Waals surface area (Å²) >= 11 is 0. The Hall–Kier alpha value is -1.98. The van der Waals surface area contributed by atoms with E-state index < -0.39 is 11.9 Å². The van der Waals surface area contributed by atoms with Gasteiger partial charge in [-0.1, -0.05) is 0 Å². The minimum atomic E-state index is -1.08. The third kappa shape index (κ3) is 10.0. The molecule has 6 heteroatoms. The van der Waals surface area contributed by atoms with Gasteiger partial charge in [0, 0.05) is 0 Å². The third-order valence-electron chi connectivity index (χ3n) is 0.988. The van der Waals surface area contributed by atoms with Gasteiger partial charge in [0.05, 0.1) is 12.8 Å². The van der Waals surface area contributed by atoms with Gasteiger partial charge in [-0.15, -0.1) is 0 Å². The van der Waals surface area contributed by atoms with Crippen LogP contribution in [-0.4, -0.2) is 22.2 Å². The van der Waals surface area contributed by atoms with Gasteiger partial charge in [0.25, 0.3) is 0 Å². The Morgan fingerprint density at radius 2 is 1.29 bits per heavy atom. The molecule has 0 unspecified atom stereocenters. The smallest absolute Gasteiger partial charge is 0.303 e. The van der Waals surface area contributed by atoms with Crippen LogP contribution in [0.5, 0.6) is 0 Å². The van der Waals surface area contributed by atoms with Crippen molar-refractivity contribution in [3.05, 3.63) is 24.7 Å². The summed E-state index contributed by atoms with van der Waals surface area (Å²) in [6.45, 7) is 0. The van der Waals surface area contributed by atoms with Crippen LogP contribution in [-0.2, 0) is 19.4 Å². The minimum absolute atomic E-state index is 0.296. The highest BCUT2D eigenvalue weighted by Gasteiger charge is 2.00. The number of allylic oxidation sites excluding steroid dienone is 2. The van der Waals surface area contributed by atoms with Crippen molar-refractivity contribution in [3.8, 4) is 0 Å². The largest absolute Gasteiger partial charge is 0.481 e. The van der Waals surface area contributed by atoms with Gasteiger partial charge in [0.1, 0.15) is 12.5 Å². The molecule has 0 aromatic rings. The van der Waals surface area contributed by atoms with E-state index in [1.807, 2.05) is 0 Å². The topological polar surface area (TPSA) is 93.1 Å². The lowest BCUT2D eigenvalue weighted by atomic mass is 10.3. The summed E-state index contributed by atoms with van der Waals surface area (Å²) < 4.78 is 0. The average Bonchev–Trinajstić information content (AvgIpc) is 2.18. The molecule has 0 aliphatic carbocycles. The number of carboxylic acid groups (broad SMARTS) is 2. The van der Waals surface area contributed by atoms with Crippen LogP contribution < -0.4 is 0 Å². The summed E-state index contributed by atoms with van der Waals surface area (Å²) in [6.07, 6.45) is 5.80. The zero-order valence-corrected chi connectivity index (χ0v) is 7.25. The van der Waals surface area contributed by atoms with Crippen LogP contribution in [0.3, 0.4) is 0 Å². The van der Waals surface area contributed by atoms with E-state index in [2.05, 4.69) is 9.78 Å². The lowest BCUT2D eigenvalue weighted by molar-refractivity contribution is -0.198. The van der Waals surface area contributed by atoms with Crippen molar-refractivity contribution in [3.63, 3.8) is 0 Å². The molecule has 0 radical (unpaired) electrons. The number of carboxylic acids is 2. The quantitative estimate of drug-likeness (QED) is 0.660.